The van der Waals surface area contributed by atoms with Gasteiger partial charge in [0.25, 0.3) is 0 Å². The number of aliphatic hydroxyl groups is 1. The van der Waals surface area contributed by atoms with Crippen LogP contribution in [0, 0.1) is 5.82 Å². The van der Waals surface area contributed by atoms with E-state index < -0.39 is 6.10 Å². The molecule has 0 bridgehead atoms. The van der Waals surface area contributed by atoms with Gasteiger partial charge in [0.05, 0.1) is 13.2 Å². The van der Waals surface area contributed by atoms with E-state index >= 15 is 0 Å². The summed E-state index contributed by atoms with van der Waals surface area (Å²) in [6, 6.07) is 4.25. The lowest BCUT2D eigenvalue weighted by Crippen LogP contribution is -2.01. The van der Waals surface area contributed by atoms with Gasteiger partial charge in [-0.05, 0) is 24.6 Å². The van der Waals surface area contributed by atoms with Crippen molar-refractivity contribution in [1.82, 2.24) is 0 Å². The molecule has 1 aromatic rings. The van der Waals surface area contributed by atoms with Crippen LogP contribution >= 0.6 is 0 Å². The summed E-state index contributed by atoms with van der Waals surface area (Å²) in [7, 11) is 1.53. The van der Waals surface area contributed by atoms with Crippen LogP contribution in [-0.4, -0.2) is 12.2 Å². The molecule has 17 heavy (non-hydrogen) atoms. The fraction of sp³-hybridized carbons (Fsp3) is 0.571. The van der Waals surface area contributed by atoms with Gasteiger partial charge >= 0.3 is 0 Å². The number of methoxy groups -OCH3 is 1. The van der Waals surface area contributed by atoms with Crippen molar-refractivity contribution in [2.24, 2.45) is 0 Å². The van der Waals surface area contributed by atoms with Gasteiger partial charge < -0.3 is 9.84 Å². The Bertz CT molecular complexity index is 339. The van der Waals surface area contributed by atoms with E-state index in [2.05, 4.69) is 6.92 Å². The molecule has 0 aliphatic carbocycles. The monoisotopic (exact) mass is 240 g/mol. The molecular weight excluding hydrogens is 219 g/mol. The highest BCUT2D eigenvalue weighted by atomic mass is 19.1. The van der Waals surface area contributed by atoms with Crippen LogP contribution in [0.2, 0.25) is 0 Å². The summed E-state index contributed by atoms with van der Waals surface area (Å²) in [5.41, 5.74) is 0.545. The Morgan fingerprint density at radius 3 is 2.71 bits per heavy atom. The van der Waals surface area contributed by atoms with Crippen molar-refractivity contribution in [3.05, 3.63) is 29.6 Å². The van der Waals surface area contributed by atoms with Gasteiger partial charge in [-0.15, -0.1) is 0 Å². The number of aliphatic hydroxyl groups excluding tert-OH is 1. The molecule has 0 amide bonds. The van der Waals surface area contributed by atoms with Crippen LogP contribution in [0.5, 0.6) is 5.75 Å². The van der Waals surface area contributed by atoms with Gasteiger partial charge in [-0.3, -0.25) is 0 Å². The summed E-state index contributed by atoms with van der Waals surface area (Å²) in [5, 5.41) is 10.0. The summed E-state index contributed by atoms with van der Waals surface area (Å²) >= 11 is 0. The standard InChI is InChI=1S/C14H21FO2/c1-3-4-5-6-7-13(16)12-10-11(15)8-9-14(12)17-2/h8-10,13,16H,3-7H2,1-2H3. The predicted octanol–water partition coefficient (Wildman–Crippen LogP) is 3.84. The molecule has 0 aliphatic heterocycles. The molecule has 2 nitrogen and oxygen atoms in total. The minimum Gasteiger partial charge on any atom is -0.496 e. The van der Waals surface area contributed by atoms with Crippen molar-refractivity contribution in [2.75, 3.05) is 7.11 Å². The highest BCUT2D eigenvalue weighted by molar-refractivity contribution is 5.35. The van der Waals surface area contributed by atoms with Crippen molar-refractivity contribution in [2.45, 2.75) is 45.1 Å². The Morgan fingerprint density at radius 1 is 1.29 bits per heavy atom. The number of hydrogen-bond acceptors (Lipinski definition) is 2. The van der Waals surface area contributed by atoms with Gasteiger partial charge in [0.15, 0.2) is 0 Å². The minimum atomic E-state index is -0.641. The van der Waals surface area contributed by atoms with Gasteiger partial charge in [-0.25, -0.2) is 4.39 Å². The van der Waals surface area contributed by atoms with Gasteiger partial charge in [0.1, 0.15) is 11.6 Å². The Balaban J connectivity index is 2.60. The van der Waals surface area contributed by atoms with Crippen molar-refractivity contribution < 1.29 is 14.2 Å². The normalized spacial score (nSPS) is 12.5. The third kappa shape index (κ3) is 4.35. The molecule has 0 heterocycles. The zero-order valence-electron chi connectivity index (χ0n) is 10.6. The van der Waals surface area contributed by atoms with Crippen LogP contribution in [-0.2, 0) is 0 Å². The third-order valence-electron chi connectivity index (χ3n) is 2.88. The minimum absolute atomic E-state index is 0.339. The summed E-state index contributed by atoms with van der Waals surface area (Å²) < 4.78 is 18.2. The van der Waals surface area contributed by atoms with Gasteiger partial charge in [-0.2, -0.15) is 0 Å². The molecule has 1 N–H and O–H groups in total. The maximum Gasteiger partial charge on any atom is 0.124 e. The predicted molar refractivity (Wildman–Crippen MR) is 66.7 cm³/mol. The van der Waals surface area contributed by atoms with Crippen molar-refractivity contribution in [3.8, 4) is 5.75 Å². The summed E-state index contributed by atoms with van der Waals surface area (Å²) in [6.45, 7) is 2.14. The van der Waals surface area contributed by atoms with E-state index in [1.807, 2.05) is 0 Å². The molecule has 0 aromatic heterocycles. The summed E-state index contributed by atoms with van der Waals surface area (Å²) in [4.78, 5) is 0. The first-order chi connectivity index (χ1) is 8.19. The van der Waals surface area contributed by atoms with Crippen LogP contribution < -0.4 is 4.74 Å². The number of ether oxygens (including phenoxy) is 1. The smallest absolute Gasteiger partial charge is 0.124 e. The Labute approximate surface area is 102 Å². The van der Waals surface area contributed by atoms with Crippen LogP contribution in [0.3, 0.4) is 0 Å². The molecule has 0 radical (unpaired) electrons. The van der Waals surface area contributed by atoms with E-state index in [4.69, 9.17) is 4.74 Å². The second kappa shape index (κ2) is 7.28. The fourth-order valence-electron chi connectivity index (χ4n) is 1.89. The number of benzene rings is 1. The molecule has 0 fully saturated rings. The molecule has 1 unspecified atom stereocenters. The van der Waals surface area contributed by atoms with Crippen molar-refractivity contribution >= 4 is 0 Å². The highest BCUT2D eigenvalue weighted by Crippen LogP contribution is 2.29. The Hall–Kier alpha value is -1.09. The zero-order chi connectivity index (χ0) is 12.7. The van der Waals surface area contributed by atoms with E-state index in [-0.39, 0.29) is 5.82 Å². The number of unbranched alkanes of at least 4 members (excludes halogenated alkanes) is 3. The third-order valence-corrected chi connectivity index (χ3v) is 2.88. The molecule has 96 valence electrons. The first kappa shape index (κ1) is 14.0. The molecule has 1 rings (SSSR count). The van der Waals surface area contributed by atoms with E-state index in [1.54, 1.807) is 6.07 Å². The van der Waals surface area contributed by atoms with Crippen LogP contribution in [0.1, 0.15) is 50.7 Å². The lowest BCUT2D eigenvalue weighted by atomic mass is 10.0. The van der Waals surface area contributed by atoms with Crippen LogP contribution in [0.15, 0.2) is 18.2 Å². The Kier molecular flexibility index (Phi) is 5.98. The average molecular weight is 240 g/mol. The maximum atomic E-state index is 13.1. The first-order valence-electron chi connectivity index (χ1n) is 6.20. The quantitative estimate of drug-likeness (QED) is 0.734. The lowest BCUT2D eigenvalue weighted by Gasteiger charge is -2.14. The molecule has 0 saturated heterocycles. The maximum absolute atomic E-state index is 13.1. The molecule has 3 heteroatoms. The SMILES string of the molecule is CCCCCCC(O)c1cc(F)ccc1OC. The summed E-state index contributed by atoms with van der Waals surface area (Å²) in [5.74, 6) is 0.211. The molecule has 0 aliphatic rings. The molecule has 1 aromatic carbocycles. The van der Waals surface area contributed by atoms with E-state index in [0.29, 0.717) is 17.7 Å². The lowest BCUT2D eigenvalue weighted by molar-refractivity contribution is 0.159. The average Bonchev–Trinajstić information content (AvgIpc) is 2.34. The topological polar surface area (TPSA) is 29.5 Å². The van der Waals surface area contributed by atoms with Crippen LogP contribution in [0.25, 0.3) is 0 Å². The first-order valence-corrected chi connectivity index (χ1v) is 6.20. The van der Waals surface area contributed by atoms with Gasteiger partial charge in [0, 0.05) is 5.56 Å². The number of halogens is 1. The molecule has 0 saturated carbocycles. The number of hydrogen-bond donors (Lipinski definition) is 1. The fourth-order valence-corrected chi connectivity index (χ4v) is 1.89. The van der Waals surface area contributed by atoms with Gasteiger partial charge in [0.2, 0.25) is 0 Å². The summed E-state index contributed by atoms with van der Waals surface area (Å²) in [6.07, 6.45) is 4.41. The van der Waals surface area contributed by atoms with Crippen LogP contribution in [0.4, 0.5) is 4.39 Å². The second-order valence-corrected chi connectivity index (χ2v) is 4.25. The zero-order valence-corrected chi connectivity index (χ0v) is 10.6. The molecule has 0 spiro atoms. The highest BCUT2D eigenvalue weighted by Gasteiger charge is 2.13. The van der Waals surface area contributed by atoms with E-state index in [1.165, 1.54) is 32.1 Å². The molecular formula is C14H21FO2. The number of rotatable bonds is 7. The van der Waals surface area contributed by atoms with E-state index in [9.17, 15) is 9.50 Å². The van der Waals surface area contributed by atoms with Gasteiger partial charge in [-0.1, -0.05) is 32.6 Å². The van der Waals surface area contributed by atoms with E-state index in [0.717, 1.165) is 12.8 Å². The molecule has 1 atom stereocenters. The second-order valence-electron chi connectivity index (χ2n) is 4.25. The largest absolute Gasteiger partial charge is 0.496 e. The van der Waals surface area contributed by atoms with Crippen molar-refractivity contribution in [1.29, 1.82) is 0 Å². The van der Waals surface area contributed by atoms with Crippen molar-refractivity contribution in [3.63, 3.8) is 0 Å². The Morgan fingerprint density at radius 2 is 2.06 bits per heavy atom.